The van der Waals surface area contributed by atoms with E-state index in [0.29, 0.717) is 16.3 Å². The third-order valence-electron chi connectivity index (χ3n) is 2.80. The molecule has 1 N–H and O–H groups in total. The SMILES string of the molecule is COc1ccc(C(=O)Nc2cc(Cl)ccc2C(=O)[O-])cc1. The van der Waals surface area contributed by atoms with E-state index < -0.39 is 11.9 Å². The number of carboxylic acids is 1. The number of anilines is 1. The van der Waals surface area contributed by atoms with Gasteiger partial charge in [0.25, 0.3) is 5.91 Å². The Labute approximate surface area is 126 Å². The van der Waals surface area contributed by atoms with Crippen molar-refractivity contribution < 1.29 is 19.4 Å². The zero-order chi connectivity index (χ0) is 15.4. The van der Waals surface area contributed by atoms with Gasteiger partial charge in [-0.15, -0.1) is 0 Å². The van der Waals surface area contributed by atoms with Crippen LogP contribution in [0.4, 0.5) is 5.69 Å². The van der Waals surface area contributed by atoms with Crippen LogP contribution in [0.5, 0.6) is 5.75 Å². The Balaban J connectivity index is 2.26. The molecule has 0 heterocycles. The maximum Gasteiger partial charge on any atom is 0.255 e. The van der Waals surface area contributed by atoms with E-state index in [2.05, 4.69) is 5.32 Å². The van der Waals surface area contributed by atoms with Gasteiger partial charge in [0.15, 0.2) is 0 Å². The number of carbonyl (C=O) groups excluding carboxylic acids is 2. The molecule has 0 fully saturated rings. The smallest absolute Gasteiger partial charge is 0.255 e. The van der Waals surface area contributed by atoms with Crippen LogP contribution in [0.25, 0.3) is 0 Å². The lowest BCUT2D eigenvalue weighted by Gasteiger charge is -2.12. The fourth-order valence-corrected chi connectivity index (χ4v) is 1.91. The van der Waals surface area contributed by atoms with Crippen LogP contribution in [-0.2, 0) is 0 Å². The number of hydrogen-bond acceptors (Lipinski definition) is 4. The van der Waals surface area contributed by atoms with Crippen LogP contribution in [0.1, 0.15) is 20.7 Å². The molecular weight excluding hydrogens is 294 g/mol. The summed E-state index contributed by atoms with van der Waals surface area (Å²) in [4.78, 5) is 23.1. The third kappa shape index (κ3) is 3.52. The molecule has 0 saturated heterocycles. The molecule has 0 unspecified atom stereocenters. The van der Waals surface area contributed by atoms with Gasteiger partial charge < -0.3 is 20.0 Å². The van der Waals surface area contributed by atoms with Crippen LogP contribution >= 0.6 is 11.6 Å². The first-order chi connectivity index (χ1) is 10.0. The second-order valence-corrected chi connectivity index (χ2v) is 4.60. The number of carbonyl (C=O) groups is 2. The van der Waals surface area contributed by atoms with E-state index in [1.807, 2.05) is 0 Å². The first-order valence-electron chi connectivity index (χ1n) is 5.97. The van der Waals surface area contributed by atoms with Crippen LogP contribution in [0.15, 0.2) is 42.5 Å². The molecule has 1 amide bonds. The van der Waals surface area contributed by atoms with Crippen molar-refractivity contribution in [2.24, 2.45) is 0 Å². The zero-order valence-corrected chi connectivity index (χ0v) is 11.8. The summed E-state index contributed by atoms with van der Waals surface area (Å²) < 4.78 is 5.00. The van der Waals surface area contributed by atoms with E-state index in [9.17, 15) is 14.7 Å². The summed E-state index contributed by atoms with van der Waals surface area (Å²) in [5.41, 5.74) is 0.310. The first kappa shape index (κ1) is 14.9. The Morgan fingerprint density at radius 3 is 2.38 bits per heavy atom. The van der Waals surface area contributed by atoms with Crippen LogP contribution in [0.3, 0.4) is 0 Å². The number of aromatic carboxylic acids is 1. The van der Waals surface area contributed by atoms with Crippen LogP contribution in [-0.4, -0.2) is 19.0 Å². The molecule has 0 aliphatic heterocycles. The van der Waals surface area contributed by atoms with Gasteiger partial charge in [0.1, 0.15) is 5.75 Å². The van der Waals surface area contributed by atoms with Crippen LogP contribution < -0.4 is 15.2 Å². The zero-order valence-electron chi connectivity index (χ0n) is 11.1. The van der Waals surface area contributed by atoms with E-state index in [4.69, 9.17) is 16.3 Å². The molecule has 0 atom stereocenters. The third-order valence-corrected chi connectivity index (χ3v) is 3.04. The number of benzene rings is 2. The van der Waals surface area contributed by atoms with Crippen molar-refractivity contribution in [2.75, 3.05) is 12.4 Å². The predicted molar refractivity (Wildman–Crippen MR) is 76.7 cm³/mol. The number of methoxy groups -OCH3 is 1. The van der Waals surface area contributed by atoms with Crippen molar-refractivity contribution in [3.8, 4) is 5.75 Å². The highest BCUT2D eigenvalue weighted by atomic mass is 35.5. The minimum absolute atomic E-state index is 0.0864. The number of rotatable bonds is 4. The summed E-state index contributed by atoms with van der Waals surface area (Å²) in [6.07, 6.45) is 0. The summed E-state index contributed by atoms with van der Waals surface area (Å²) in [7, 11) is 1.52. The molecule has 0 aromatic heterocycles. The molecule has 21 heavy (non-hydrogen) atoms. The minimum atomic E-state index is -1.39. The summed E-state index contributed by atoms with van der Waals surface area (Å²) in [5.74, 6) is -1.23. The van der Waals surface area contributed by atoms with Crippen LogP contribution in [0, 0.1) is 0 Å². The Morgan fingerprint density at radius 1 is 1.14 bits per heavy atom. The molecule has 2 rings (SSSR count). The average Bonchev–Trinajstić information content (AvgIpc) is 2.47. The van der Waals surface area contributed by atoms with Crippen molar-refractivity contribution in [3.63, 3.8) is 0 Å². The fourth-order valence-electron chi connectivity index (χ4n) is 1.73. The second kappa shape index (κ2) is 6.28. The van der Waals surface area contributed by atoms with Gasteiger partial charge in [-0.05, 0) is 42.5 Å². The van der Waals surface area contributed by atoms with Gasteiger partial charge in [0.05, 0.1) is 18.8 Å². The Kier molecular flexibility index (Phi) is 4.45. The number of hydrogen-bond donors (Lipinski definition) is 1. The monoisotopic (exact) mass is 304 g/mol. The minimum Gasteiger partial charge on any atom is -0.545 e. The number of halogens is 1. The Bertz CT molecular complexity index is 683. The van der Waals surface area contributed by atoms with Crippen LogP contribution in [0.2, 0.25) is 5.02 Å². The Hall–Kier alpha value is -2.53. The lowest BCUT2D eigenvalue weighted by atomic mass is 10.1. The molecule has 2 aromatic rings. The molecule has 108 valence electrons. The van der Waals surface area contributed by atoms with Gasteiger partial charge >= 0.3 is 0 Å². The fraction of sp³-hybridized carbons (Fsp3) is 0.0667. The molecule has 0 spiro atoms. The number of carboxylic acid groups (broad SMARTS) is 1. The van der Waals surface area contributed by atoms with E-state index in [1.54, 1.807) is 24.3 Å². The quantitative estimate of drug-likeness (QED) is 0.936. The van der Waals surface area contributed by atoms with Crippen molar-refractivity contribution in [3.05, 3.63) is 58.6 Å². The van der Waals surface area contributed by atoms with Gasteiger partial charge in [-0.2, -0.15) is 0 Å². The lowest BCUT2D eigenvalue weighted by molar-refractivity contribution is -0.254. The predicted octanol–water partition coefficient (Wildman–Crippen LogP) is 1.96. The normalized spacial score (nSPS) is 10.0. The summed E-state index contributed by atoms with van der Waals surface area (Å²) in [5, 5.41) is 13.8. The van der Waals surface area contributed by atoms with Gasteiger partial charge in [0.2, 0.25) is 0 Å². The number of amides is 1. The maximum absolute atomic E-state index is 12.1. The molecule has 6 heteroatoms. The van der Waals surface area contributed by atoms with Gasteiger partial charge in [-0.3, -0.25) is 4.79 Å². The second-order valence-electron chi connectivity index (χ2n) is 4.16. The van der Waals surface area contributed by atoms with E-state index >= 15 is 0 Å². The lowest BCUT2D eigenvalue weighted by Crippen LogP contribution is -2.24. The van der Waals surface area contributed by atoms with Gasteiger partial charge in [0, 0.05) is 16.1 Å². The van der Waals surface area contributed by atoms with E-state index in [-0.39, 0.29) is 11.3 Å². The highest BCUT2D eigenvalue weighted by molar-refractivity contribution is 6.31. The summed E-state index contributed by atoms with van der Waals surface area (Å²) >= 11 is 5.81. The highest BCUT2D eigenvalue weighted by Crippen LogP contribution is 2.21. The van der Waals surface area contributed by atoms with Crippen molar-refractivity contribution in [1.82, 2.24) is 0 Å². The maximum atomic E-state index is 12.1. The molecule has 0 saturated carbocycles. The van der Waals surface area contributed by atoms with Gasteiger partial charge in [-0.25, -0.2) is 0 Å². The Morgan fingerprint density at radius 2 is 1.81 bits per heavy atom. The average molecular weight is 305 g/mol. The summed E-state index contributed by atoms with van der Waals surface area (Å²) in [6.45, 7) is 0. The van der Waals surface area contributed by atoms with E-state index in [0.717, 1.165) is 0 Å². The number of nitrogens with one attached hydrogen (secondary N) is 1. The largest absolute Gasteiger partial charge is 0.545 e. The van der Waals surface area contributed by atoms with Crippen molar-refractivity contribution >= 4 is 29.2 Å². The van der Waals surface area contributed by atoms with Crippen molar-refractivity contribution in [2.45, 2.75) is 0 Å². The summed E-state index contributed by atoms with van der Waals surface area (Å²) in [6, 6.07) is 10.4. The molecule has 2 aromatic carbocycles. The molecule has 0 bridgehead atoms. The van der Waals surface area contributed by atoms with Gasteiger partial charge in [-0.1, -0.05) is 11.6 Å². The molecule has 5 nitrogen and oxygen atoms in total. The molecule has 0 radical (unpaired) electrons. The standard InChI is InChI=1S/C15H12ClNO4/c1-21-11-5-2-9(3-6-11)14(18)17-13-8-10(16)4-7-12(13)15(19)20/h2-8H,1H3,(H,17,18)(H,19,20)/p-1. The molecule has 0 aliphatic rings. The first-order valence-corrected chi connectivity index (χ1v) is 6.35. The highest BCUT2D eigenvalue weighted by Gasteiger charge is 2.10. The van der Waals surface area contributed by atoms with Crippen molar-refractivity contribution in [1.29, 1.82) is 0 Å². The van der Waals surface area contributed by atoms with E-state index in [1.165, 1.54) is 25.3 Å². The number of ether oxygens (including phenoxy) is 1. The molecular formula is C15H11ClNO4-. The topological polar surface area (TPSA) is 78.5 Å². The molecule has 0 aliphatic carbocycles.